The second-order valence-electron chi connectivity index (χ2n) is 4.15. The van der Waals surface area contributed by atoms with Crippen LogP contribution in [0.3, 0.4) is 0 Å². The van der Waals surface area contributed by atoms with Gasteiger partial charge in [-0.2, -0.15) is 0 Å². The van der Waals surface area contributed by atoms with E-state index in [4.69, 9.17) is 15.2 Å². The molecule has 2 fully saturated rings. The molecule has 1 saturated heterocycles. The molecule has 0 aromatic rings. The molecule has 0 bridgehead atoms. The van der Waals surface area contributed by atoms with E-state index in [-0.39, 0.29) is 5.79 Å². The quantitative estimate of drug-likeness (QED) is 0.704. The second-order valence-corrected chi connectivity index (χ2v) is 4.15. The van der Waals surface area contributed by atoms with Crippen LogP contribution >= 0.6 is 0 Å². The van der Waals surface area contributed by atoms with Crippen molar-refractivity contribution in [1.82, 2.24) is 0 Å². The highest BCUT2D eigenvalue weighted by molar-refractivity contribution is 4.83. The van der Waals surface area contributed by atoms with Gasteiger partial charge in [0.05, 0.1) is 13.2 Å². The summed E-state index contributed by atoms with van der Waals surface area (Å²) < 4.78 is 11.4. The van der Waals surface area contributed by atoms with Gasteiger partial charge >= 0.3 is 0 Å². The van der Waals surface area contributed by atoms with Crippen molar-refractivity contribution < 1.29 is 9.47 Å². The van der Waals surface area contributed by atoms with Crippen LogP contribution in [0.5, 0.6) is 0 Å². The van der Waals surface area contributed by atoms with Crippen molar-refractivity contribution in [1.29, 1.82) is 0 Å². The zero-order valence-electron chi connectivity index (χ0n) is 8.13. The van der Waals surface area contributed by atoms with Crippen LogP contribution < -0.4 is 5.73 Å². The van der Waals surface area contributed by atoms with Crippen molar-refractivity contribution in [2.45, 2.75) is 37.9 Å². The Morgan fingerprint density at radius 3 is 2.77 bits per heavy atom. The molecule has 1 heterocycles. The van der Waals surface area contributed by atoms with Crippen molar-refractivity contribution in [3.05, 3.63) is 0 Å². The predicted octanol–water partition coefficient (Wildman–Crippen LogP) is 1.27. The van der Waals surface area contributed by atoms with Gasteiger partial charge < -0.3 is 15.2 Å². The molecule has 0 aromatic carbocycles. The lowest BCUT2D eigenvalue weighted by molar-refractivity contribution is -0.187. The summed E-state index contributed by atoms with van der Waals surface area (Å²) >= 11 is 0. The van der Waals surface area contributed by atoms with E-state index >= 15 is 0 Å². The lowest BCUT2D eigenvalue weighted by Crippen LogP contribution is -2.36. The average Bonchev–Trinajstić information content (AvgIpc) is 2.54. The third kappa shape index (κ3) is 2.03. The summed E-state index contributed by atoms with van der Waals surface area (Å²) in [6.07, 6.45) is 5.78. The molecule has 1 saturated carbocycles. The van der Waals surface area contributed by atoms with Gasteiger partial charge in [0.1, 0.15) is 0 Å². The molecule has 3 nitrogen and oxygen atoms in total. The predicted molar refractivity (Wildman–Crippen MR) is 50.3 cm³/mol. The molecular formula is C10H19NO2. The summed E-state index contributed by atoms with van der Waals surface area (Å²) in [5, 5.41) is 0. The average molecular weight is 185 g/mol. The van der Waals surface area contributed by atoms with Gasteiger partial charge in [0.2, 0.25) is 0 Å². The molecule has 0 radical (unpaired) electrons. The third-order valence-electron chi connectivity index (χ3n) is 3.16. The van der Waals surface area contributed by atoms with Crippen molar-refractivity contribution in [2.75, 3.05) is 19.8 Å². The highest BCUT2D eigenvalue weighted by atomic mass is 16.7. The summed E-state index contributed by atoms with van der Waals surface area (Å²) in [5.74, 6) is 0.509. The Hall–Kier alpha value is -0.120. The van der Waals surface area contributed by atoms with Crippen LogP contribution in [0, 0.1) is 5.92 Å². The Bertz CT molecular complexity index is 164. The maximum Gasteiger partial charge on any atom is 0.168 e. The zero-order chi connectivity index (χ0) is 9.15. The summed E-state index contributed by atoms with van der Waals surface area (Å²) in [7, 11) is 0. The van der Waals surface area contributed by atoms with Crippen molar-refractivity contribution in [3.63, 3.8) is 0 Å². The fourth-order valence-corrected chi connectivity index (χ4v) is 2.55. The molecule has 1 atom stereocenters. The summed E-state index contributed by atoms with van der Waals surface area (Å²) in [4.78, 5) is 0. The van der Waals surface area contributed by atoms with Crippen LogP contribution in [0.1, 0.15) is 32.1 Å². The largest absolute Gasteiger partial charge is 0.348 e. The molecule has 0 aromatic heterocycles. The highest BCUT2D eigenvalue weighted by Gasteiger charge is 2.40. The normalized spacial score (nSPS) is 32.5. The number of hydrogen-bond acceptors (Lipinski definition) is 3. The van der Waals surface area contributed by atoms with Crippen molar-refractivity contribution in [3.8, 4) is 0 Å². The van der Waals surface area contributed by atoms with Crippen LogP contribution in [0.15, 0.2) is 0 Å². The molecule has 3 heteroatoms. The molecule has 0 unspecified atom stereocenters. The Kier molecular flexibility index (Phi) is 2.86. The third-order valence-corrected chi connectivity index (χ3v) is 3.16. The fraction of sp³-hybridized carbons (Fsp3) is 1.00. The fourth-order valence-electron chi connectivity index (χ4n) is 2.55. The maximum atomic E-state index is 5.69. The molecule has 1 aliphatic carbocycles. The Morgan fingerprint density at radius 1 is 1.31 bits per heavy atom. The van der Waals surface area contributed by atoms with E-state index in [0.717, 1.165) is 44.9 Å². The molecule has 2 rings (SSSR count). The molecular weight excluding hydrogens is 166 g/mol. The van der Waals surface area contributed by atoms with E-state index in [1.807, 2.05) is 0 Å². The molecule has 76 valence electrons. The van der Waals surface area contributed by atoms with E-state index in [1.54, 1.807) is 0 Å². The molecule has 2 aliphatic rings. The van der Waals surface area contributed by atoms with E-state index in [2.05, 4.69) is 0 Å². The summed E-state index contributed by atoms with van der Waals surface area (Å²) in [6, 6.07) is 0. The van der Waals surface area contributed by atoms with E-state index in [0.29, 0.717) is 0 Å². The molecule has 13 heavy (non-hydrogen) atoms. The lowest BCUT2D eigenvalue weighted by Gasteiger charge is -2.36. The van der Waals surface area contributed by atoms with Crippen LogP contribution in [0.25, 0.3) is 0 Å². The monoisotopic (exact) mass is 185 g/mol. The van der Waals surface area contributed by atoms with Gasteiger partial charge in [-0.15, -0.1) is 0 Å². The van der Waals surface area contributed by atoms with Crippen LogP contribution in [-0.2, 0) is 9.47 Å². The van der Waals surface area contributed by atoms with Gasteiger partial charge in [0, 0.05) is 12.8 Å². The first-order valence-electron chi connectivity index (χ1n) is 5.33. The SMILES string of the molecule is NCC[C@@H]1CCCC2(C1)OCCO2. The van der Waals surface area contributed by atoms with Gasteiger partial charge in [0.15, 0.2) is 5.79 Å². The second kappa shape index (κ2) is 3.95. The topological polar surface area (TPSA) is 44.5 Å². The smallest absolute Gasteiger partial charge is 0.168 e. The minimum atomic E-state index is -0.210. The first kappa shape index (κ1) is 9.44. The van der Waals surface area contributed by atoms with Gasteiger partial charge in [-0.1, -0.05) is 6.42 Å². The first-order chi connectivity index (χ1) is 6.35. The number of ether oxygens (including phenoxy) is 2. The Labute approximate surface area is 79.6 Å². The first-order valence-corrected chi connectivity index (χ1v) is 5.33. The van der Waals surface area contributed by atoms with Gasteiger partial charge in [0.25, 0.3) is 0 Å². The summed E-state index contributed by atoms with van der Waals surface area (Å²) in [6.45, 7) is 2.34. The Morgan fingerprint density at radius 2 is 2.08 bits per heavy atom. The summed E-state index contributed by atoms with van der Waals surface area (Å²) in [5.41, 5.74) is 5.56. The minimum Gasteiger partial charge on any atom is -0.348 e. The zero-order valence-corrected chi connectivity index (χ0v) is 8.13. The maximum absolute atomic E-state index is 5.69. The van der Waals surface area contributed by atoms with E-state index in [9.17, 15) is 0 Å². The number of rotatable bonds is 2. The Balaban J connectivity index is 1.90. The highest BCUT2D eigenvalue weighted by Crippen LogP contribution is 2.39. The van der Waals surface area contributed by atoms with Crippen molar-refractivity contribution >= 4 is 0 Å². The standard InChI is InChI=1S/C10H19NO2/c11-5-3-9-2-1-4-10(8-9)12-6-7-13-10/h9H,1-8,11H2/t9-/m0/s1. The minimum absolute atomic E-state index is 0.210. The number of hydrogen-bond donors (Lipinski definition) is 1. The van der Waals surface area contributed by atoms with E-state index in [1.165, 1.54) is 12.8 Å². The molecule has 0 amide bonds. The van der Waals surface area contributed by atoms with Crippen molar-refractivity contribution in [2.24, 2.45) is 11.7 Å². The number of nitrogens with two attached hydrogens (primary N) is 1. The van der Waals surface area contributed by atoms with E-state index < -0.39 is 0 Å². The van der Waals surface area contributed by atoms with Crippen LogP contribution in [0.2, 0.25) is 0 Å². The van der Waals surface area contributed by atoms with Gasteiger partial charge in [-0.05, 0) is 25.3 Å². The van der Waals surface area contributed by atoms with Crippen LogP contribution in [0.4, 0.5) is 0 Å². The lowest BCUT2D eigenvalue weighted by atomic mass is 9.83. The molecule has 1 aliphatic heterocycles. The van der Waals surface area contributed by atoms with Gasteiger partial charge in [-0.25, -0.2) is 0 Å². The van der Waals surface area contributed by atoms with Crippen LogP contribution in [-0.4, -0.2) is 25.5 Å². The van der Waals surface area contributed by atoms with Gasteiger partial charge in [-0.3, -0.25) is 0 Å². The molecule has 1 spiro atoms. The molecule has 2 N–H and O–H groups in total.